The van der Waals surface area contributed by atoms with Crippen LogP contribution in [0, 0.1) is 0 Å². The van der Waals surface area contributed by atoms with Crippen LogP contribution in [0.2, 0.25) is 0 Å². The number of ether oxygens (including phenoxy) is 2. The molecule has 4 atom stereocenters. The molecular formula is C20H26BNO5. The Balaban J connectivity index is 1.33. The Kier molecular flexibility index (Phi) is 6.68. The van der Waals surface area contributed by atoms with Crippen molar-refractivity contribution in [1.29, 1.82) is 0 Å². The lowest BCUT2D eigenvalue weighted by molar-refractivity contribution is -0.0393. The lowest BCUT2D eigenvalue weighted by atomic mass is 9.93. The van der Waals surface area contributed by atoms with Gasteiger partial charge >= 0.3 is 0 Å². The number of nitrogens with zero attached hydrogens (tertiary/aromatic N) is 1. The molecule has 1 unspecified atom stereocenters. The molecule has 0 saturated carbocycles. The largest absolute Gasteiger partial charge is 0.388 e. The van der Waals surface area contributed by atoms with Crippen molar-refractivity contribution in [2.24, 2.45) is 0 Å². The number of hydrogen-bond donors (Lipinski definition) is 1. The van der Waals surface area contributed by atoms with Gasteiger partial charge in [0, 0.05) is 19.2 Å². The molecule has 0 aromatic heterocycles. The fourth-order valence-corrected chi connectivity index (χ4v) is 3.69. The normalized spacial score (nSPS) is 27.4. The van der Waals surface area contributed by atoms with E-state index in [0.29, 0.717) is 24.3 Å². The zero-order valence-electron chi connectivity index (χ0n) is 15.7. The molecular weight excluding hydrogens is 345 g/mol. The number of aliphatic hydroxyl groups excluding tert-OH is 1. The Labute approximate surface area is 161 Å². The number of hydrogen-bond acceptors (Lipinski definition) is 5. The first-order valence-corrected chi connectivity index (χ1v) is 9.70. The fraction of sp³-hybridized carbons (Fsp3) is 0.600. The van der Waals surface area contributed by atoms with E-state index in [0.717, 1.165) is 32.1 Å². The molecule has 144 valence electrons. The van der Waals surface area contributed by atoms with Gasteiger partial charge in [-0.2, -0.15) is 0 Å². The second-order valence-corrected chi connectivity index (χ2v) is 7.10. The third kappa shape index (κ3) is 4.26. The van der Waals surface area contributed by atoms with Gasteiger partial charge in [-0.05, 0) is 31.4 Å². The highest BCUT2D eigenvalue weighted by Crippen LogP contribution is 2.25. The molecule has 0 spiro atoms. The minimum absolute atomic E-state index is 0.163. The topological polar surface area (TPSA) is 76.1 Å². The third-order valence-corrected chi connectivity index (χ3v) is 5.24. The van der Waals surface area contributed by atoms with E-state index in [1.807, 2.05) is 6.92 Å². The number of fused-ring (bicyclic) bond motifs is 1. The summed E-state index contributed by atoms with van der Waals surface area (Å²) < 4.78 is 11.2. The van der Waals surface area contributed by atoms with Gasteiger partial charge in [0.15, 0.2) is 0 Å². The monoisotopic (exact) mass is 371 g/mol. The van der Waals surface area contributed by atoms with Crippen molar-refractivity contribution < 1.29 is 24.2 Å². The maximum Gasteiger partial charge on any atom is 0.261 e. The molecule has 1 saturated heterocycles. The number of aliphatic hydroxyl groups is 1. The smallest absolute Gasteiger partial charge is 0.261 e. The van der Waals surface area contributed by atoms with Crippen LogP contribution in [0.1, 0.15) is 59.7 Å². The molecule has 6 nitrogen and oxygen atoms in total. The highest BCUT2D eigenvalue weighted by molar-refractivity contribution is 6.21. The highest BCUT2D eigenvalue weighted by Gasteiger charge is 2.40. The van der Waals surface area contributed by atoms with E-state index in [4.69, 9.17) is 17.3 Å². The molecule has 2 amide bonds. The van der Waals surface area contributed by atoms with Gasteiger partial charge in [0.05, 0.1) is 17.2 Å². The molecule has 1 N–H and O–H groups in total. The van der Waals surface area contributed by atoms with Crippen LogP contribution in [0.4, 0.5) is 0 Å². The lowest BCUT2D eigenvalue weighted by Crippen LogP contribution is -2.35. The van der Waals surface area contributed by atoms with E-state index >= 15 is 0 Å². The summed E-state index contributed by atoms with van der Waals surface area (Å²) in [6.45, 7) is 2.95. The number of benzene rings is 1. The van der Waals surface area contributed by atoms with Crippen molar-refractivity contribution in [3.63, 3.8) is 0 Å². The van der Waals surface area contributed by atoms with Gasteiger partial charge in [-0.15, -0.1) is 0 Å². The first kappa shape index (κ1) is 20.0. The molecule has 2 aliphatic heterocycles. The second kappa shape index (κ2) is 9.00. The fourth-order valence-electron chi connectivity index (χ4n) is 3.69. The average Bonchev–Trinajstić information content (AvgIpc) is 3.09. The minimum Gasteiger partial charge on any atom is -0.388 e. The van der Waals surface area contributed by atoms with Gasteiger partial charge in [0.2, 0.25) is 0 Å². The molecule has 1 aromatic rings. The first-order chi connectivity index (χ1) is 13.0. The predicted octanol–water partition coefficient (Wildman–Crippen LogP) is 1.89. The summed E-state index contributed by atoms with van der Waals surface area (Å²) in [5.74, 6) is -0.396. The van der Waals surface area contributed by atoms with E-state index in [2.05, 4.69) is 0 Å². The van der Waals surface area contributed by atoms with Crippen LogP contribution in [0.5, 0.6) is 0 Å². The summed E-state index contributed by atoms with van der Waals surface area (Å²) in [7, 11) is 5.71. The number of imide groups is 1. The van der Waals surface area contributed by atoms with Crippen molar-refractivity contribution in [2.75, 3.05) is 13.2 Å². The van der Waals surface area contributed by atoms with Crippen molar-refractivity contribution in [3.8, 4) is 0 Å². The van der Waals surface area contributed by atoms with Crippen LogP contribution >= 0.6 is 0 Å². The quantitative estimate of drug-likeness (QED) is 0.408. The molecule has 2 aliphatic rings. The predicted molar refractivity (Wildman–Crippen MR) is 101 cm³/mol. The van der Waals surface area contributed by atoms with Crippen LogP contribution in [0.3, 0.4) is 0 Å². The molecule has 1 fully saturated rings. The summed E-state index contributed by atoms with van der Waals surface area (Å²) in [6, 6.07) is 6.26. The van der Waals surface area contributed by atoms with Gasteiger partial charge in [-0.25, -0.2) is 0 Å². The average molecular weight is 371 g/mol. The number of amides is 2. The summed E-state index contributed by atoms with van der Waals surface area (Å²) in [5.41, 5.74) is 0.994. The Bertz CT molecular complexity index is 647. The van der Waals surface area contributed by atoms with Crippen molar-refractivity contribution in [2.45, 2.75) is 63.3 Å². The highest BCUT2D eigenvalue weighted by atomic mass is 16.6. The van der Waals surface area contributed by atoms with E-state index in [-0.39, 0.29) is 24.0 Å². The number of unbranched alkanes of at least 4 members (excludes halogenated alkanes) is 3. The summed E-state index contributed by atoms with van der Waals surface area (Å²) in [5, 5.41) is 10.0. The van der Waals surface area contributed by atoms with Gasteiger partial charge in [0.25, 0.3) is 11.8 Å². The summed E-state index contributed by atoms with van der Waals surface area (Å²) >= 11 is 0. The second-order valence-electron chi connectivity index (χ2n) is 7.10. The molecule has 2 radical (unpaired) electrons. The van der Waals surface area contributed by atoms with Crippen LogP contribution in [0.15, 0.2) is 24.3 Å². The van der Waals surface area contributed by atoms with Crippen LogP contribution in [-0.4, -0.2) is 67.1 Å². The zero-order chi connectivity index (χ0) is 19.4. The number of rotatable bonds is 9. The van der Waals surface area contributed by atoms with Gasteiger partial charge in [0.1, 0.15) is 20.1 Å². The molecule has 2 heterocycles. The Morgan fingerprint density at radius 2 is 1.74 bits per heavy atom. The molecule has 0 bridgehead atoms. The van der Waals surface area contributed by atoms with Gasteiger partial charge in [-0.1, -0.05) is 31.9 Å². The van der Waals surface area contributed by atoms with Crippen LogP contribution in [-0.2, 0) is 9.47 Å². The molecule has 7 heteroatoms. The van der Waals surface area contributed by atoms with E-state index < -0.39 is 12.1 Å². The number of carbonyl (C=O) groups excluding carboxylic acids is 2. The Morgan fingerprint density at radius 3 is 2.37 bits per heavy atom. The van der Waals surface area contributed by atoms with Gasteiger partial charge < -0.3 is 14.6 Å². The molecule has 27 heavy (non-hydrogen) atoms. The Hall–Kier alpha value is -1.70. The maximum atomic E-state index is 12.3. The van der Waals surface area contributed by atoms with Crippen molar-refractivity contribution in [1.82, 2.24) is 4.90 Å². The maximum absolute atomic E-state index is 12.3. The summed E-state index contributed by atoms with van der Waals surface area (Å²) in [6.07, 6.45) is 2.86. The van der Waals surface area contributed by atoms with Crippen LogP contribution in [0.25, 0.3) is 0 Å². The molecule has 0 aliphatic carbocycles. The van der Waals surface area contributed by atoms with Crippen molar-refractivity contribution >= 4 is 19.7 Å². The molecule has 1 aromatic carbocycles. The van der Waals surface area contributed by atoms with E-state index in [1.165, 1.54) is 4.90 Å². The lowest BCUT2D eigenvalue weighted by Gasteiger charge is -2.20. The van der Waals surface area contributed by atoms with E-state index in [9.17, 15) is 14.7 Å². The Morgan fingerprint density at radius 1 is 1.11 bits per heavy atom. The zero-order valence-corrected chi connectivity index (χ0v) is 15.7. The minimum atomic E-state index is -0.788. The summed E-state index contributed by atoms with van der Waals surface area (Å²) in [4.78, 5) is 25.9. The standard InChI is InChI=1S/C20H26BNO5/c1-2-15-17(16(23)18(21)27-15)26-12-8-4-3-7-11-22-19(24)13-9-5-6-10-14(13)20(22)25/h5-6,9-10,15-18,23H,2-4,7-8,11-12H2,1H3/t15-,16+,17?,18-/m1/s1. The van der Waals surface area contributed by atoms with Gasteiger partial charge in [-0.3, -0.25) is 14.5 Å². The van der Waals surface area contributed by atoms with Crippen molar-refractivity contribution in [3.05, 3.63) is 35.4 Å². The van der Waals surface area contributed by atoms with Crippen LogP contribution < -0.4 is 0 Å². The molecule has 3 rings (SSSR count). The number of carbonyl (C=O) groups is 2. The van der Waals surface area contributed by atoms with E-state index in [1.54, 1.807) is 24.3 Å². The first-order valence-electron chi connectivity index (χ1n) is 9.70. The third-order valence-electron chi connectivity index (χ3n) is 5.24. The SMILES string of the molecule is [B][C@@H]1O[C@H](CC)C(OCCCCCCN2C(=O)c3ccccc3C2=O)[C@@H]1O.